The van der Waals surface area contributed by atoms with Crippen LogP contribution in [0, 0.1) is 0 Å². The van der Waals surface area contributed by atoms with E-state index >= 15 is 0 Å². The summed E-state index contributed by atoms with van der Waals surface area (Å²) < 4.78 is 27.2. The van der Waals surface area contributed by atoms with Crippen LogP contribution in [0.5, 0.6) is 0 Å². The van der Waals surface area contributed by atoms with Gasteiger partial charge in [0.05, 0.1) is 10.1 Å². The fourth-order valence-corrected chi connectivity index (χ4v) is 0. The maximum Gasteiger partial charge on any atom is 1.00 e. The van der Waals surface area contributed by atoms with Crippen LogP contribution in [0.15, 0.2) is 0 Å². The predicted molar refractivity (Wildman–Crippen MR) is 15.6 cm³/mol. The molecule has 0 fully saturated rings. The molecule has 3 nitrogen and oxygen atoms in total. The van der Waals surface area contributed by atoms with Gasteiger partial charge in [0.25, 0.3) is 0 Å². The van der Waals surface area contributed by atoms with Crippen LogP contribution in [0.4, 0.5) is 0 Å². The molecule has 0 aromatic carbocycles. The van der Waals surface area contributed by atoms with E-state index in [0.717, 1.165) is 0 Å². The van der Waals surface area contributed by atoms with E-state index in [4.69, 9.17) is 13.0 Å². The van der Waals surface area contributed by atoms with Gasteiger partial charge in [-0.3, -0.25) is 0 Å². The van der Waals surface area contributed by atoms with Gasteiger partial charge in [-0.15, -0.1) is 0 Å². The average Bonchev–Trinajstić information content (AvgIpc) is 0.722. The minimum atomic E-state index is -3.92. The van der Waals surface area contributed by atoms with Gasteiger partial charge in [0.2, 0.25) is 0 Å². The summed E-state index contributed by atoms with van der Waals surface area (Å²) in [5.74, 6) is 0. The summed E-state index contributed by atoms with van der Waals surface area (Å²) >= 11 is 0. The molecule has 5 heteroatoms. The summed E-state index contributed by atoms with van der Waals surface area (Å²) in [7, 11) is -3.92. The summed E-state index contributed by atoms with van der Waals surface area (Å²) in [6.45, 7) is 0. The molecular weight excluding hydrogens is 118 g/mol. The Balaban J connectivity index is 0. The molecule has 6 heavy (non-hydrogen) atoms. The molecule has 0 atom stereocenters. The second-order valence-electron chi connectivity index (χ2n) is 0.704. The van der Waals surface area contributed by atoms with E-state index in [-0.39, 0.29) is 29.6 Å². The second-order valence-corrected chi connectivity index (χ2v) is 2.11. The van der Waals surface area contributed by atoms with Gasteiger partial charge < -0.3 is 4.55 Å². The van der Waals surface area contributed by atoms with E-state index in [2.05, 4.69) is 0 Å². The fraction of sp³-hybridized carbons (Fsp3) is 1.00. The first-order chi connectivity index (χ1) is 2.00. The van der Waals surface area contributed by atoms with Crippen molar-refractivity contribution in [3.63, 3.8) is 0 Å². The fourth-order valence-electron chi connectivity index (χ4n) is 0. The summed E-state index contributed by atoms with van der Waals surface area (Å²) in [4.78, 5) is 0. The van der Waals surface area contributed by atoms with E-state index in [1.807, 2.05) is 0 Å². The first kappa shape index (κ1) is 10.0. The Bertz CT molecular complexity index is 94.0. The molecule has 0 heterocycles. The Hall–Kier alpha value is 0.910. The van der Waals surface area contributed by atoms with Gasteiger partial charge in [-0.1, -0.05) is 0 Å². The molecule has 32 valence electrons. The van der Waals surface area contributed by atoms with E-state index in [0.29, 0.717) is 6.26 Å². The summed E-state index contributed by atoms with van der Waals surface area (Å²) in [5.41, 5.74) is 0. The summed E-state index contributed by atoms with van der Waals surface area (Å²) in [6.07, 6.45) is 0.604. The molecule has 0 unspecified atom stereocenters. The van der Waals surface area contributed by atoms with Gasteiger partial charge >= 0.3 is 29.6 Å². The zero-order valence-electron chi connectivity index (χ0n) is 3.63. The first-order valence-corrected chi connectivity index (χ1v) is 2.72. The van der Waals surface area contributed by atoms with Gasteiger partial charge in [0, 0.05) is 6.26 Å². The van der Waals surface area contributed by atoms with Crippen molar-refractivity contribution in [1.29, 1.82) is 0 Å². The molecular formula is CH3NaO3S. The van der Waals surface area contributed by atoms with Crippen molar-refractivity contribution in [1.82, 2.24) is 0 Å². The number of rotatable bonds is 0. The van der Waals surface area contributed by atoms with Crippen molar-refractivity contribution >= 4 is 10.1 Å². The molecule has 0 saturated carbocycles. The smallest absolute Gasteiger partial charge is 0.748 e. The molecule has 0 radical (unpaired) electrons. The summed E-state index contributed by atoms with van der Waals surface area (Å²) in [5, 5.41) is 0. The Morgan fingerprint density at radius 2 is 1.50 bits per heavy atom. The van der Waals surface area contributed by atoms with Gasteiger partial charge in [0.15, 0.2) is 0 Å². The monoisotopic (exact) mass is 121 g/mol. The van der Waals surface area contributed by atoms with Crippen molar-refractivity contribution in [2.45, 2.75) is 0 Å². The zero-order valence-corrected chi connectivity index (χ0v) is 6.45. The van der Waals surface area contributed by atoms with Crippen molar-refractivity contribution in [3.05, 3.63) is 0 Å². The number of hydrogen-bond acceptors (Lipinski definition) is 3. The second kappa shape index (κ2) is 2.98. The van der Waals surface area contributed by atoms with Gasteiger partial charge in [-0.05, 0) is 0 Å². The third kappa shape index (κ3) is 90.6. The quantitative estimate of drug-likeness (QED) is 0.243. The minimum absolute atomic E-state index is 0. The third-order valence-electron chi connectivity index (χ3n) is 0. The predicted octanol–water partition coefficient (Wildman–Crippen LogP) is -3.83. The standard InChI is InChI=1S/CH4O3S.Na/c1-5(2,3)4;/h1H3,(H,2,3,4);/q;+1/p-1/i5+3;. The Kier molecular flexibility index (Phi) is 4.98. The Labute approximate surface area is 58.8 Å². The van der Waals surface area contributed by atoms with Gasteiger partial charge in [-0.2, -0.15) is 0 Å². The molecule has 0 aliphatic carbocycles. The molecule has 0 spiro atoms. The van der Waals surface area contributed by atoms with E-state index < -0.39 is 10.1 Å². The van der Waals surface area contributed by atoms with Crippen LogP contribution in [0.2, 0.25) is 0 Å². The first-order valence-electron chi connectivity index (χ1n) is 0.908. The van der Waals surface area contributed by atoms with Crippen molar-refractivity contribution in [3.8, 4) is 0 Å². The molecule has 0 amide bonds. The van der Waals surface area contributed by atoms with Crippen LogP contribution in [0.3, 0.4) is 0 Å². The Morgan fingerprint density at radius 3 is 1.50 bits per heavy atom. The SMILES string of the molecule is C[35S](=O)(=O)[O-].[Na+]. The van der Waals surface area contributed by atoms with Crippen molar-refractivity contribution < 1.29 is 42.5 Å². The van der Waals surface area contributed by atoms with Crippen molar-refractivity contribution in [2.75, 3.05) is 6.26 Å². The molecule has 0 saturated heterocycles. The topological polar surface area (TPSA) is 57.2 Å². The van der Waals surface area contributed by atoms with Crippen LogP contribution in [0.25, 0.3) is 0 Å². The zero-order chi connectivity index (χ0) is 4.50. The molecule has 0 aliphatic heterocycles. The molecule has 0 aliphatic rings. The number of hydrogen-bond donors (Lipinski definition) is 0. The molecule has 0 bridgehead atoms. The van der Waals surface area contributed by atoms with Gasteiger partial charge in [0.1, 0.15) is 0 Å². The van der Waals surface area contributed by atoms with Crippen LogP contribution >= 0.6 is 0 Å². The van der Waals surface area contributed by atoms with E-state index in [1.54, 1.807) is 0 Å². The largest absolute Gasteiger partial charge is 1.00 e. The van der Waals surface area contributed by atoms with Crippen LogP contribution in [-0.2, 0) is 10.1 Å². The maximum atomic E-state index is 9.08. The minimum Gasteiger partial charge on any atom is -0.748 e. The Morgan fingerprint density at radius 1 is 1.50 bits per heavy atom. The van der Waals surface area contributed by atoms with Crippen LogP contribution in [0.1, 0.15) is 0 Å². The van der Waals surface area contributed by atoms with E-state index in [1.165, 1.54) is 0 Å². The van der Waals surface area contributed by atoms with Crippen LogP contribution in [-0.4, -0.2) is 19.2 Å². The van der Waals surface area contributed by atoms with E-state index in [9.17, 15) is 0 Å². The molecule has 0 aromatic rings. The van der Waals surface area contributed by atoms with Gasteiger partial charge in [-0.25, -0.2) is 8.42 Å². The van der Waals surface area contributed by atoms with Crippen molar-refractivity contribution in [2.24, 2.45) is 0 Å². The average molecular weight is 121 g/mol. The molecule has 0 rings (SSSR count). The normalized spacial score (nSPS) is 9.67. The van der Waals surface area contributed by atoms with Crippen LogP contribution < -0.4 is 29.6 Å². The molecule has 0 aromatic heterocycles. The third-order valence-corrected chi connectivity index (χ3v) is 0. The molecule has 0 N–H and O–H groups in total. The summed E-state index contributed by atoms with van der Waals surface area (Å²) in [6, 6.07) is 0. The maximum absolute atomic E-state index is 9.08.